The number of aromatic amines is 1. The minimum atomic E-state index is 0.0459. The second-order valence-electron chi connectivity index (χ2n) is 5.80. The molecule has 0 fully saturated rings. The van der Waals surface area contributed by atoms with Crippen LogP contribution in [0.2, 0.25) is 0 Å². The molecule has 4 rings (SSSR count). The van der Waals surface area contributed by atoms with E-state index >= 15 is 0 Å². The van der Waals surface area contributed by atoms with E-state index in [1.54, 1.807) is 23.6 Å². The van der Waals surface area contributed by atoms with Crippen LogP contribution in [0.15, 0.2) is 59.7 Å². The van der Waals surface area contributed by atoms with Crippen molar-refractivity contribution in [2.75, 3.05) is 0 Å². The predicted octanol–water partition coefficient (Wildman–Crippen LogP) is 3.54. The Labute approximate surface area is 153 Å². The molecule has 2 heterocycles. The Morgan fingerprint density at radius 1 is 1.08 bits per heavy atom. The summed E-state index contributed by atoms with van der Waals surface area (Å²) >= 11 is 1.67. The lowest BCUT2D eigenvalue weighted by Crippen LogP contribution is -2.10. The van der Waals surface area contributed by atoms with Gasteiger partial charge in [-0.1, -0.05) is 24.3 Å². The first-order valence-corrected chi connectivity index (χ1v) is 8.74. The van der Waals surface area contributed by atoms with Crippen molar-refractivity contribution in [3.8, 4) is 21.1 Å². The van der Waals surface area contributed by atoms with Crippen LogP contribution < -0.4 is 11.6 Å². The lowest BCUT2D eigenvalue weighted by atomic mass is 10.1. The number of nitrogens with one attached hydrogen (secondary N) is 2. The second-order valence-corrected chi connectivity index (χ2v) is 6.88. The Balaban J connectivity index is 1.67. The van der Waals surface area contributed by atoms with Gasteiger partial charge in [-0.05, 0) is 41.5 Å². The molecule has 6 N–H and O–H groups in total. The topological polar surface area (TPSA) is 117 Å². The number of nitrogen functional groups attached to an aromatic ring is 1. The molecule has 128 valence electrons. The van der Waals surface area contributed by atoms with Gasteiger partial charge in [0.15, 0.2) is 0 Å². The summed E-state index contributed by atoms with van der Waals surface area (Å²) in [5, 5.41) is 11.1. The summed E-state index contributed by atoms with van der Waals surface area (Å²) in [5.41, 5.74) is 10.1. The first kappa shape index (κ1) is 16.0. The van der Waals surface area contributed by atoms with E-state index in [9.17, 15) is 0 Å². The van der Waals surface area contributed by atoms with E-state index in [2.05, 4.69) is 27.2 Å². The van der Waals surface area contributed by atoms with Crippen molar-refractivity contribution in [1.82, 2.24) is 9.97 Å². The van der Waals surface area contributed by atoms with E-state index in [0.29, 0.717) is 5.56 Å². The molecule has 2 aromatic carbocycles. The van der Waals surface area contributed by atoms with E-state index in [4.69, 9.17) is 17.0 Å². The van der Waals surface area contributed by atoms with E-state index in [1.165, 1.54) is 0 Å². The molecule has 26 heavy (non-hydrogen) atoms. The van der Waals surface area contributed by atoms with Gasteiger partial charge >= 0.3 is 0 Å². The molecule has 0 saturated heterocycles. The molecule has 0 radical (unpaired) electrons. The van der Waals surface area contributed by atoms with Crippen molar-refractivity contribution in [3.63, 3.8) is 0 Å². The molecule has 0 bridgehead atoms. The summed E-state index contributed by atoms with van der Waals surface area (Å²) in [6.45, 7) is 0. The fraction of sp³-hybridized carbons (Fsp3) is 0. The third-order valence-corrected chi connectivity index (χ3v) is 5.19. The van der Waals surface area contributed by atoms with E-state index < -0.39 is 0 Å². The van der Waals surface area contributed by atoms with Gasteiger partial charge in [-0.15, -0.1) is 11.3 Å². The largest absolute Gasteiger partial charge is 0.384 e. The fourth-order valence-electron chi connectivity index (χ4n) is 2.73. The van der Waals surface area contributed by atoms with Crippen LogP contribution in [-0.4, -0.2) is 22.0 Å². The molecule has 0 spiro atoms. The van der Waals surface area contributed by atoms with Gasteiger partial charge in [0, 0.05) is 10.4 Å². The molecule has 4 aromatic rings. The van der Waals surface area contributed by atoms with Crippen LogP contribution >= 0.6 is 11.3 Å². The molecule has 2 aromatic heterocycles. The van der Waals surface area contributed by atoms with Gasteiger partial charge in [0.05, 0.1) is 22.1 Å². The number of imidazole rings is 1. The molecule has 0 unspecified atom stereocenters. The van der Waals surface area contributed by atoms with Crippen LogP contribution in [0.1, 0.15) is 11.1 Å². The van der Waals surface area contributed by atoms with Gasteiger partial charge in [-0.3, -0.25) is 5.41 Å². The third kappa shape index (κ3) is 2.96. The zero-order chi connectivity index (χ0) is 18.1. The summed E-state index contributed by atoms with van der Waals surface area (Å²) < 4.78 is 0. The van der Waals surface area contributed by atoms with Crippen LogP contribution in [-0.2, 0) is 0 Å². The Kier molecular flexibility index (Phi) is 3.98. The molecule has 0 aliphatic rings. The van der Waals surface area contributed by atoms with Crippen molar-refractivity contribution in [3.05, 3.63) is 65.7 Å². The molecule has 0 amide bonds. The molecule has 6 nitrogen and oxygen atoms in total. The van der Waals surface area contributed by atoms with E-state index in [0.717, 1.165) is 37.7 Å². The normalized spacial score (nSPS) is 11.4. The molecular weight excluding hydrogens is 344 g/mol. The third-order valence-electron chi connectivity index (χ3n) is 4.05. The average Bonchev–Trinajstić information content (AvgIpc) is 3.29. The van der Waals surface area contributed by atoms with Gasteiger partial charge in [0.2, 0.25) is 0 Å². The minimum absolute atomic E-state index is 0.0459. The summed E-state index contributed by atoms with van der Waals surface area (Å²) in [6, 6.07) is 17.7. The van der Waals surface area contributed by atoms with Crippen LogP contribution in [0.25, 0.3) is 32.2 Å². The van der Waals surface area contributed by atoms with Gasteiger partial charge in [0.1, 0.15) is 11.7 Å². The van der Waals surface area contributed by atoms with Gasteiger partial charge < -0.3 is 16.6 Å². The minimum Gasteiger partial charge on any atom is -0.384 e. The monoisotopic (exact) mass is 360 g/mol. The fourth-order valence-corrected chi connectivity index (χ4v) is 3.69. The second kappa shape index (κ2) is 6.45. The molecule has 0 saturated carbocycles. The highest BCUT2D eigenvalue weighted by Crippen LogP contribution is 2.34. The quantitative estimate of drug-likeness (QED) is 0.193. The average molecular weight is 360 g/mol. The maximum absolute atomic E-state index is 7.55. The highest BCUT2D eigenvalue weighted by atomic mass is 32.1. The number of aromatic nitrogens is 2. The Morgan fingerprint density at radius 2 is 1.85 bits per heavy atom. The Morgan fingerprint density at radius 3 is 2.58 bits per heavy atom. The lowest BCUT2D eigenvalue weighted by molar-refractivity contribution is 1.26. The number of hydrogen-bond donors (Lipinski definition) is 4. The number of hydrogen-bond acceptors (Lipinski definition) is 5. The summed E-state index contributed by atoms with van der Waals surface area (Å²) in [7, 11) is 0. The highest BCUT2D eigenvalue weighted by molar-refractivity contribution is 7.18. The van der Waals surface area contributed by atoms with Crippen LogP contribution in [0.4, 0.5) is 0 Å². The number of H-pyrrole nitrogens is 1. The van der Waals surface area contributed by atoms with Gasteiger partial charge in [-0.25, -0.2) is 4.98 Å². The summed E-state index contributed by atoms with van der Waals surface area (Å²) in [6.07, 6.45) is 1.62. The smallest absolute Gasteiger partial charge is 0.148 e. The maximum atomic E-state index is 7.55. The molecule has 0 aliphatic carbocycles. The SMILES string of the molecule is N=C(N)c1ccc2nc(-c3ccc(-c4ccc(/C=N\N)cc4)s3)[nH]c2c1. The predicted molar refractivity (Wildman–Crippen MR) is 108 cm³/mol. The van der Waals surface area contributed by atoms with Crippen molar-refractivity contribution < 1.29 is 0 Å². The van der Waals surface area contributed by atoms with Crippen LogP contribution in [0.5, 0.6) is 0 Å². The Hall–Kier alpha value is -3.45. The zero-order valence-electron chi connectivity index (χ0n) is 13.7. The van der Waals surface area contributed by atoms with Gasteiger partial charge in [0.25, 0.3) is 0 Å². The lowest BCUT2D eigenvalue weighted by Gasteiger charge is -1.98. The Bertz CT molecular complexity index is 1120. The van der Waals surface area contributed by atoms with E-state index in [1.807, 2.05) is 36.4 Å². The molecule has 7 heteroatoms. The first-order chi connectivity index (χ1) is 12.6. The first-order valence-electron chi connectivity index (χ1n) is 7.92. The molecule has 0 aliphatic heterocycles. The standard InChI is InChI=1S/C19H16N6S/c20-18(21)13-5-6-14-15(9-13)25-19(24-14)17-8-7-16(26-17)12-3-1-11(2-4-12)10-23-22/h1-10H,22H2,(H3,20,21)(H,24,25)/b23-10-. The van der Waals surface area contributed by atoms with E-state index in [-0.39, 0.29) is 5.84 Å². The molecule has 0 atom stereocenters. The number of thiophene rings is 1. The zero-order valence-corrected chi connectivity index (χ0v) is 14.5. The van der Waals surface area contributed by atoms with Crippen molar-refractivity contribution in [2.45, 2.75) is 0 Å². The summed E-state index contributed by atoms with van der Waals surface area (Å²) in [5.74, 6) is 6.03. The number of rotatable bonds is 4. The summed E-state index contributed by atoms with van der Waals surface area (Å²) in [4.78, 5) is 10.2. The van der Waals surface area contributed by atoms with Crippen molar-refractivity contribution in [2.24, 2.45) is 16.7 Å². The van der Waals surface area contributed by atoms with Crippen LogP contribution in [0.3, 0.4) is 0 Å². The van der Waals surface area contributed by atoms with Gasteiger partial charge in [-0.2, -0.15) is 5.10 Å². The number of amidine groups is 1. The van der Waals surface area contributed by atoms with Crippen molar-refractivity contribution in [1.29, 1.82) is 5.41 Å². The number of hydrazone groups is 1. The number of nitrogens with two attached hydrogens (primary N) is 2. The highest BCUT2D eigenvalue weighted by Gasteiger charge is 2.10. The molecular formula is C19H16N6S. The van der Waals surface area contributed by atoms with Crippen LogP contribution in [0, 0.1) is 5.41 Å². The number of benzene rings is 2. The van der Waals surface area contributed by atoms with Crippen molar-refractivity contribution >= 4 is 34.4 Å². The maximum Gasteiger partial charge on any atom is 0.148 e. The number of nitrogens with zero attached hydrogens (tertiary/aromatic N) is 2. The number of fused-ring (bicyclic) bond motifs is 1.